The van der Waals surface area contributed by atoms with E-state index in [1.54, 1.807) is 36.7 Å². The van der Waals surface area contributed by atoms with E-state index in [9.17, 15) is 4.79 Å². The average molecular weight is 307 g/mol. The SMILES string of the molecule is O=C(Nc1cccc(Cl)c1Cl)c1n[nH]c2ccncc12. The van der Waals surface area contributed by atoms with Gasteiger partial charge in [0.25, 0.3) is 5.91 Å². The van der Waals surface area contributed by atoms with Crippen LogP contribution in [0.3, 0.4) is 0 Å². The Balaban J connectivity index is 1.95. The highest BCUT2D eigenvalue weighted by molar-refractivity contribution is 6.44. The van der Waals surface area contributed by atoms with Crippen molar-refractivity contribution in [2.24, 2.45) is 0 Å². The molecule has 2 heterocycles. The second-order valence-electron chi connectivity index (χ2n) is 4.05. The van der Waals surface area contributed by atoms with Crippen LogP contribution in [-0.4, -0.2) is 21.1 Å². The van der Waals surface area contributed by atoms with E-state index in [4.69, 9.17) is 23.2 Å². The molecule has 2 N–H and O–H groups in total. The van der Waals surface area contributed by atoms with E-state index < -0.39 is 0 Å². The van der Waals surface area contributed by atoms with E-state index in [1.165, 1.54) is 0 Å². The van der Waals surface area contributed by atoms with Gasteiger partial charge in [-0.25, -0.2) is 0 Å². The summed E-state index contributed by atoms with van der Waals surface area (Å²) in [4.78, 5) is 16.2. The molecular formula is C13H8Cl2N4O. The second kappa shape index (κ2) is 5.11. The molecule has 3 rings (SSSR count). The fourth-order valence-electron chi connectivity index (χ4n) is 1.81. The van der Waals surface area contributed by atoms with Gasteiger partial charge in [0.1, 0.15) is 0 Å². The summed E-state index contributed by atoms with van der Waals surface area (Å²) in [5.74, 6) is -0.381. The average Bonchev–Trinajstić information content (AvgIpc) is 2.88. The predicted molar refractivity (Wildman–Crippen MR) is 78.3 cm³/mol. The Morgan fingerprint density at radius 1 is 1.25 bits per heavy atom. The first-order valence-corrected chi connectivity index (χ1v) is 6.46. The van der Waals surface area contributed by atoms with Crippen LogP contribution < -0.4 is 5.32 Å². The van der Waals surface area contributed by atoms with E-state index in [-0.39, 0.29) is 11.6 Å². The number of hydrogen-bond donors (Lipinski definition) is 2. The van der Waals surface area contributed by atoms with Crippen LogP contribution in [0.15, 0.2) is 36.7 Å². The van der Waals surface area contributed by atoms with Crippen molar-refractivity contribution in [1.82, 2.24) is 15.2 Å². The fourth-order valence-corrected chi connectivity index (χ4v) is 2.16. The zero-order chi connectivity index (χ0) is 14.1. The molecule has 3 aromatic rings. The minimum absolute atomic E-state index is 0.254. The van der Waals surface area contributed by atoms with Gasteiger partial charge >= 0.3 is 0 Å². The van der Waals surface area contributed by atoms with Gasteiger partial charge < -0.3 is 5.32 Å². The Labute approximate surface area is 123 Å². The minimum Gasteiger partial charge on any atom is -0.319 e. The molecule has 0 saturated heterocycles. The van der Waals surface area contributed by atoms with Gasteiger partial charge in [0.05, 0.1) is 26.6 Å². The van der Waals surface area contributed by atoms with Crippen molar-refractivity contribution < 1.29 is 4.79 Å². The molecule has 1 amide bonds. The fraction of sp³-hybridized carbons (Fsp3) is 0. The van der Waals surface area contributed by atoms with Crippen LogP contribution in [-0.2, 0) is 0 Å². The summed E-state index contributed by atoms with van der Waals surface area (Å²) in [6.07, 6.45) is 3.20. The molecule has 0 fully saturated rings. The Bertz CT molecular complexity index is 800. The molecule has 2 aromatic heterocycles. The number of rotatable bonds is 2. The number of anilines is 1. The normalized spacial score (nSPS) is 10.7. The van der Waals surface area contributed by atoms with Crippen molar-refractivity contribution in [3.8, 4) is 0 Å². The molecule has 0 aliphatic heterocycles. The number of fused-ring (bicyclic) bond motifs is 1. The van der Waals surface area contributed by atoms with Gasteiger partial charge in [0.15, 0.2) is 5.69 Å². The Morgan fingerprint density at radius 3 is 2.95 bits per heavy atom. The number of carbonyl (C=O) groups is 1. The van der Waals surface area contributed by atoms with Crippen molar-refractivity contribution >= 4 is 45.7 Å². The lowest BCUT2D eigenvalue weighted by molar-refractivity contribution is 0.102. The van der Waals surface area contributed by atoms with E-state index in [1.807, 2.05) is 0 Å². The lowest BCUT2D eigenvalue weighted by Gasteiger charge is -2.06. The summed E-state index contributed by atoms with van der Waals surface area (Å²) in [6, 6.07) is 6.76. The number of benzene rings is 1. The molecule has 20 heavy (non-hydrogen) atoms. The second-order valence-corrected chi connectivity index (χ2v) is 4.83. The van der Waals surface area contributed by atoms with Gasteiger partial charge in [-0.05, 0) is 18.2 Å². The highest BCUT2D eigenvalue weighted by atomic mass is 35.5. The number of hydrogen-bond acceptors (Lipinski definition) is 3. The first kappa shape index (κ1) is 12.9. The molecular weight excluding hydrogens is 299 g/mol. The molecule has 100 valence electrons. The maximum atomic E-state index is 12.2. The Hall–Kier alpha value is -2.11. The molecule has 0 aliphatic carbocycles. The van der Waals surface area contributed by atoms with Crippen LogP contribution in [0.5, 0.6) is 0 Å². The van der Waals surface area contributed by atoms with Crippen LogP contribution >= 0.6 is 23.2 Å². The third-order valence-electron chi connectivity index (χ3n) is 2.78. The van der Waals surface area contributed by atoms with Crippen molar-refractivity contribution in [2.75, 3.05) is 5.32 Å². The molecule has 0 radical (unpaired) electrons. The number of nitrogens with one attached hydrogen (secondary N) is 2. The van der Waals surface area contributed by atoms with Gasteiger partial charge in [-0.15, -0.1) is 0 Å². The summed E-state index contributed by atoms with van der Waals surface area (Å²) in [5.41, 5.74) is 1.43. The standard InChI is InChI=1S/C13H8Cl2N4O/c14-8-2-1-3-10(11(8)15)17-13(20)12-7-6-16-5-4-9(7)18-19-12/h1-6H,(H,17,20)(H,18,19). The quantitative estimate of drug-likeness (QED) is 0.761. The van der Waals surface area contributed by atoms with E-state index in [0.29, 0.717) is 21.1 Å². The number of carbonyl (C=O) groups excluding carboxylic acids is 1. The molecule has 7 heteroatoms. The van der Waals surface area contributed by atoms with E-state index in [2.05, 4.69) is 20.5 Å². The van der Waals surface area contributed by atoms with E-state index in [0.717, 1.165) is 5.52 Å². The molecule has 5 nitrogen and oxygen atoms in total. The summed E-state index contributed by atoms with van der Waals surface area (Å²) >= 11 is 11.9. The maximum Gasteiger partial charge on any atom is 0.276 e. The third kappa shape index (κ3) is 2.21. The van der Waals surface area contributed by atoms with Crippen LogP contribution in [0.2, 0.25) is 10.0 Å². The molecule has 0 aliphatic rings. The van der Waals surface area contributed by atoms with Gasteiger partial charge in [0, 0.05) is 12.4 Å². The smallest absolute Gasteiger partial charge is 0.276 e. The summed E-state index contributed by atoms with van der Waals surface area (Å²) in [5, 5.41) is 10.7. The van der Waals surface area contributed by atoms with Gasteiger partial charge in [-0.1, -0.05) is 29.3 Å². The van der Waals surface area contributed by atoms with Crippen LogP contribution in [0.1, 0.15) is 10.5 Å². The van der Waals surface area contributed by atoms with Crippen molar-refractivity contribution in [1.29, 1.82) is 0 Å². The summed E-state index contributed by atoms with van der Waals surface area (Å²) in [6.45, 7) is 0. The van der Waals surface area contributed by atoms with Crippen LogP contribution in [0, 0.1) is 0 Å². The first-order chi connectivity index (χ1) is 9.66. The predicted octanol–water partition coefficient (Wildman–Crippen LogP) is 3.52. The topological polar surface area (TPSA) is 70.7 Å². The Morgan fingerprint density at radius 2 is 2.10 bits per heavy atom. The molecule has 0 atom stereocenters. The van der Waals surface area contributed by atoms with Crippen molar-refractivity contribution in [2.45, 2.75) is 0 Å². The molecule has 0 spiro atoms. The third-order valence-corrected chi connectivity index (χ3v) is 3.60. The van der Waals surface area contributed by atoms with Crippen LogP contribution in [0.25, 0.3) is 10.9 Å². The molecule has 1 aromatic carbocycles. The highest BCUT2D eigenvalue weighted by Gasteiger charge is 2.16. The number of aromatic amines is 1. The van der Waals surface area contributed by atoms with Gasteiger partial charge in [0.2, 0.25) is 0 Å². The summed E-state index contributed by atoms with van der Waals surface area (Å²) in [7, 11) is 0. The zero-order valence-electron chi connectivity index (χ0n) is 10.0. The van der Waals surface area contributed by atoms with E-state index >= 15 is 0 Å². The van der Waals surface area contributed by atoms with Crippen LogP contribution in [0.4, 0.5) is 5.69 Å². The largest absolute Gasteiger partial charge is 0.319 e. The zero-order valence-corrected chi connectivity index (χ0v) is 11.5. The number of halogens is 2. The minimum atomic E-state index is -0.381. The molecule has 0 bridgehead atoms. The monoisotopic (exact) mass is 306 g/mol. The summed E-state index contributed by atoms with van der Waals surface area (Å²) < 4.78 is 0. The number of nitrogens with zero attached hydrogens (tertiary/aromatic N) is 2. The van der Waals surface area contributed by atoms with Crippen molar-refractivity contribution in [3.63, 3.8) is 0 Å². The number of pyridine rings is 1. The van der Waals surface area contributed by atoms with Crippen molar-refractivity contribution in [3.05, 3.63) is 52.4 Å². The number of amides is 1. The van der Waals surface area contributed by atoms with Gasteiger partial charge in [-0.2, -0.15) is 5.10 Å². The molecule has 0 unspecified atom stereocenters. The number of H-pyrrole nitrogens is 1. The molecule has 0 saturated carbocycles. The lowest BCUT2D eigenvalue weighted by Crippen LogP contribution is -2.13. The lowest BCUT2D eigenvalue weighted by atomic mass is 10.2. The maximum absolute atomic E-state index is 12.2. The van der Waals surface area contributed by atoms with Gasteiger partial charge in [-0.3, -0.25) is 14.9 Å². The Kier molecular flexibility index (Phi) is 3.30. The highest BCUT2D eigenvalue weighted by Crippen LogP contribution is 2.30. The number of aromatic nitrogens is 3. The first-order valence-electron chi connectivity index (χ1n) is 5.70.